The van der Waals surface area contributed by atoms with Crippen LogP contribution in [0.15, 0.2) is 24.3 Å². The van der Waals surface area contributed by atoms with Crippen molar-refractivity contribution < 1.29 is 4.79 Å². The zero-order valence-corrected chi connectivity index (χ0v) is 11.3. The summed E-state index contributed by atoms with van der Waals surface area (Å²) in [5.41, 5.74) is 7.89. The minimum atomic E-state index is 0.0807. The molecule has 1 amide bonds. The number of rotatable bonds is 7. The van der Waals surface area contributed by atoms with Crippen molar-refractivity contribution in [2.24, 2.45) is 0 Å². The van der Waals surface area contributed by atoms with Gasteiger partial charge in [0.1, 0.15) is 0 Å². The standard InChI is InChI=1S/C14H23N3O/c1-3-9-17(10-8-14(18)16-2)11-12-6-4-5-7-13(12)15/h4-7H,3,8-11,15H2,1-2H3,(H,16,18). The maximum Gasteiger partial charge on any atom is 0.221 e. The van der Waals surface area contributed by atoms with Gasteiger partial charge >= 0.3 is 0 Å². The van der Waals surface area contributed by atoms with Crippen molar-refractivity contribution in [2.75, 3.05) is 25.9 Å². The van der Waals surface area contributed by atoms with E-state index in [0.29, 0.717) is 6.42 Å². The third kappa shape index (κ3) is 4.75. The summed E-state index contributed by atoms with van der Waals surface area (Å²) >= 11 is 0. The molecule has 0 radical (unpaired) electrons. The number of para-hydroxylation sites is 1. The smallest absolute Gasteiger partial charge is 0.221 e. The fourth-order valence-corrected chi connectivity index (χ4v) is 1.89. The van der Waals surface area contributed by atoms with Crippen molar-refractivity contribution in [3.05, 3.63) is 29.8 Å². The Kier molecular flexibility index (Phi) is 6.22. The van der Waals surface area contributed by atoms with Crippen molar-refractivity contribution in [1.29, 1.82) is 0 Å². The van der Waals surface area contributed by atoms with Gasteiger partial charge in [-0.2, -0.15) is 0 Å². The van der Waals surface area contributed by atoms with Crippen molar-refractivity contribution in [2.45, 2.75) is 26.3 Å². The lowest BCUT2D eigenvalue weighted by molar-refractivity contribution is -0.120. The van der Waals surface area contributed by atoms with E-state index in [1.807, 2.05) is 24.3 Å². The number of nitrogens with one attached hydrogen (secondary N) is 1. The molecule has 0 saturated carbocycles. The Bertz CT molecular complexity index is 379. The summed E-state index contributed by atoms with van der Waals surface area (Å²) in [6, 6.07) is 7.89. The summed E-state index contributed by atoms with van der Waals surface area (Å²) in [5, 5.41) is 2.65. The van der Waals surface area contributed by atoms with Crippen molar-refractivity contribution in [3.8, 4) is 0 Å². The second kappa shape index (κ2) is 7.71. The second-order valence-corrected chi connectivity index (χ2v) is 4.40. The van der Waals surface area contributed by atoms with Gasteiger partial charge < -0.3 is 11.1 Å². The van der Waals surface area contributed by atoms with Gasteiger partial charge in [-0.05, 0) is 24.6 Å². The monoisotopic (exact) mass is 249 g/mol. The first-order valence-electron chi connectivity index (χ1n) is 6.43. The van der Waals surface area contributed by atoms with Crippen LogP contribution in [0.4, 0.5) is 5.69 Å². The lowest BCUT2D eigenvalue weighted by Crippen LogP contribution is -2.30. The number of amides is 1. The largest absolute Gasteiger partial charge is 0.398 e. The molecule has 0 fully saturated rings. The zero-order chi connectivity index (χ0) is 13.4. The molecule has 18 heavy (non-hydrogen) atoms. The molecule has 0 aliphatic rings. The average molecular weight is 249 g/mol. The number of nitrogens with two attached hydrogens (primary N) is 1. The van der Waals surface area contributed by atoms with Crippen LogP contribution in [0.2, 0.25) is 0 Å². The molecule has 0 unspecified atom stereocenters. The van der Waals surface area contributed by atoms with E-state index in [1.165, 1.54) is 0 Å². The first-order valence-corrected chi connectivity index (χ1v) is 6.43. The highest BCUT2D eigenvalue weighted by Crippen LogP contribution is 2.13. The van der Waals surface area contributed by atoms with Crippen molar-refractivity contribution in [1.82, 2.24) is 10.2 Å². The van der Waals surface area contributed by atoms with Crippen LogP contribution in [-0.4, -0.2) is 30.9 Å². The number of carbonyl (C=O) groups is 1. The molecule has 3 N–H and O–H groups in total. The van der Waals surface area contributed by atoms with Gasteiger partial charge in [-0.15, -0.1) is 0 Å². The Hall–Kier alpha value is -1.55. The van der Waals surface area contributed by atoms with E-state index in [4.69, 9.17) is 5.73 Å². The van der Waals surface area contributed by atoms with E-state index in [1.54, 1.807) is 7.05 Å². The summed E-state index contributed by atoms with van der Waals surface area (Å²) in [6.07, 6.45) is 1.60. The number of hydrogen-bond donors (Lipinski definition) is 2. The molecule has 0 saturated heterocycles. The molecule has 0 atom stereocenters. The topological polar surface area (TPSA) is 58.4 Å². The highest BCUT2D eigenvalue weighted by atomic mass is 16.1. The van der Waals surface area contributed by atoms with Gasteiger partial charge in [-0.1, -0.05) is 25.1 Å². The number of carbonyl (C=O) groups excluding carboxylic acids is 1. The van der Waals surface area contributed by atoms with Crippen LogP contribution in [0.3, 0.4) is 0 Å². The molecule has 0 aromatic heterocycles. The minimum absolute atomic E-state index is 0.0807. The molecular weight excluding hydrogens is 226 g/mol. The predicted molar refractivity (Wildman–Crippen MR) is 75.1 cm³/mol. The Morgan fingerprint density at radius 2 is 2.06 bits per heavy atom. The number of anilines is 1. The number of benzene rings is 1. The van der Waals surface area contributed by atoms with Gasteiger partial charge in [-0.3, -0.25) is 9.69 Å². The minimum Gasteiger partial charge on any atom is -0.398 e. The molecule has 4 heteroatoms. The average Bonchev–Trinajstić information content (AvgIpc) is 2.38. The second-order valence-electron chi connectivity index (χ2n) is 4.40. The van der Waals surface area contributed by atoms with Crippen LogP contribution in [-0.2, 0) is 11.3 Å². The molecule has 1 aromatic rings. The van der Waals surface area contributed by atoms with Gasteiger partial charge in [0.15, 0.2) is 0 Å². The fraction of sp³-hybridized carbons (Fsp3) is 0.500. The van der Waals surface area contributed by atoms with E-state index in [-0.39, 0.29) is 5.91 Å². The summed E-state index contributed by atoms with van der Waals surface area (Å²) < 4.78 is 0. The van der Waals surface area contributed by atoms with E-state index in [2.05, 4.69) is 17.1 Å². The Balaban J connectivity index is 2.57. The Morgan fingerprint density at radius 1 is 1.33 bits per heavy atom. The highest BCUT2D eigenvalue weighted by molar-refractivity contribution is 5.75. The van der Waals surface area contributed by atoms with Gasteiger partial charge in [0, 0.05) is 32.2 Å². The Labute approximate surface area is 109 Å². The molecule has 1 aromatic carbocycles. The van der Waals surface area contributed by atoms with Crippen LogP contribution in [0, 0.1) is 0 Å². The van der Waals surface area contributed by atoms with Crippen LogP contribution in [0.25, 0.3) is 0 Å². The number of nitrogen functional groups attached to an aromatic ring is 1. The first-order chi connectivity index (χ1) is 8.67. The molecule has 100 valence electrons. The molecule has 0 spiro atoms. The summed E-state index contributed by atoms with van der Waals surface area (Å²) in [5.74, 6) is 0.0807. The maximum atomic E-state index is 11.3. The summed E-state index contributed by atoms with van der Waals surface area (Å²) in [7, 11) is 1.67. The van der Waals surface area contributed by atoms with Crippen LogP contribution in [0.5, 0.6) is 0 Å². The summed E-state index contributed by atoms with van der Waals surface area (Å²) in [4.78, 5) is 13.5. The van der Waals surface area contributed by atoms with Crippen LogP contribution < -0.4 is 11.1 Å². The van der Waals surface area contributed by atoms with Gasteiger partial charge in [0.05, 0.1) is 0 Å². The van der Waals surface area contributed by atoms with E-state index >= 15 is 0 Å². The van der Waals surface area contributed by atoms with Gasteiger partial charge in [0.2, 0.25) is 5.91 Å². The molecule has 0 aliphatic carbocycles. The molecule has 0 bridgehead atoms. The van der Waals surface area contributed by atoms with E-state index in [9.17, 15) is 4.79 Å². The third-order valence-electron chi connectivity index (χ3n) is 2.92. The van der Waals surface area contributed by atoms with Crippen LogP contribution in [0.1, 0.15) is 25.3 Å². The van der Waals surface area contributed by atoms with E-state index in [0.717, 1.165) is 37.3 Å². The zero-order valence-electron chi connectivity index (χ0n) is 11.3. The summed E-state index contributed by atoms with van der Waals surface area (Å²) in [6.45, 7) is 4.69. The normalized spacial score (nSPS) is 10.6. The van der Waals surface area contributed by atoms with Crippen LogP contribution >= 0.6 is 0 Å². The van der Waals surface area contributed by atoms with Gasteiger partial charge in [0.25, 0.3) is 0 Å². The molecular formula is C14H23N3O. The lowest BCUT2D eigenvalue weighted by atomic mass is 10.1. The molecule has 0 aliphatic heterocycles. The Morgan fingerprint density at radius 3 is 2.67 bits per heavy atom. The first kappa shape index (κ1) is 14.5. The maximum absolute atomic E-state index is 11.3. The van der Waals surface area contributed by atoms with E-state index < -0.39 is 0 Å². The van der Waals surface area contributed by atoms with Crippen molar-refractivity contribution in [3.63, 3.8) is 0 Å². The molecule has 1 rings (SSSR count). The van der Waals surface area contributed by atoms with Crippen molar-refractivity contribution >= 4 is 11.6 Å². The molecule has 0 heterocycles. The quantitative estimate of drug-likeness (QED) is 0.722. The third-order valence-corrected chi connectivity index (χ3v) is 2.92. The lowest BCUT2D eigenvalue weighted by Gasteiger charge is -2.22. The SMILES string of the molecule is CCCN(CCC(=O)NC)Cc1ccccc1N. The van der Waals surface area contributed by atoms with Gasteiger partial charge in [-0.25, -0.2) is 0 Å². The molecule has 4 nitrogen and oxygen atoms in total. The number of nitrogens with zero attached hydrogens (tertiary/aromatic N) is 1. The predicted octanol–water partition coefficient (Wildman–Crippen LogP) is 1.62. The number of hydrogen-bond acceptors (Lipinski definition) is 3. The highest BCUT2D eigenvalue weighted by Gasteiger charge is 2.09. The fourth-order valence-electron chi connectivity index (χ4n) is 1.89.